The molecular formula is C17H26N2O3. The number of carbonyl (C=O) groups is 2. The molecule has 0 heterocycles. The van der Waals surface area contributed by atoms with Gasteiger partial charge in [0, 0.05) is 24.8 Å². The van der Waals surface area contributed by atoms with Crippen molar-refractivity contribution < 1.29 is 14.7 Å². The standard InChI is InChI=1S/C17H26N2O3/c1-4-6-12-19(3)14-10-8-13(9-11-14)16(20)18-15(7-5-2)17(21)22/h8-11,15H,4-7,12H2,1-3H3,(H,18,20)(H,21,22). The van der Waals surface area contributed by atoms with Gasteiger partial charge in [-0.25, -0.2) is 4.79 Å². The zero-order chi connectivity index (χ0) is 16.5. The lowest BCUT2D eigenvalue weighted by atomic mass is 10.1. The molecule has 1 atom stereocenters. The highest BCUT2D eigenvalue weighted by molar-refractivity contribution is 5.96. The molecule has 1 rings (SSSR count). The van der Waals surface area contributed by atoms with Crippen LogP contribution in [0.2, 0.25) is 0 Å². The van der Waals surface area contributed by atoms with Gasteiger partial charge in [0.25, 0.3) is 5.91 Å². The Balaban J connectivity index is 2.69. The Hall–Kier alpha value is -2.04. The highest BCUT2D eigenvalue weighted by Crippen LogP contribution is 2.14. The molecule has 22 heavy (non-hydrogen) atoms. The number of nitrogens with zero attached hydrogens (tertiary/aromatic N) is 1. The van der Waals surface area contributed by atoms with E-state index in [0.29, 0.717) is 18.4 Å². The van der Waals surface area contributed by atoms with Crippen LogP contribution in [-0.4, -0.2) is 36.6 Å². The maximum Gasteiger partial charge on any atom is 0.326 e. The Bertz CT molecular complexity index is 485. The van der Waals surface area contributed by atoms with Crippen LogP contribution in [0.3, 0.4) is 0 Å². The van der Waals surface area contributed by atoms with E-state index in [2.05, 4.69) is 17.1 Å². The molecule has 0 spiro atoms. The minimum atomic E-state index is -0.994. The fraction of sp³-hybridized carbons (Fsp3) is 0.529. The molecule has 1 amide bonds. The van der Waals surface area contributed by atoms with E-state index in [4.69, 9.17) is 5.11 Å². The molecule has 5 heteroatoms. The van der Waals surface area contributed by atoms with E-state index in [1.807, 2.05) is 26.1 Å². The number of carboxylic acid groups (broad SMARTS) is 1. The number of hydrogen-bond acceptors (Lipinski definition) is 3. The average molecular weight is 306 g/mol. The molecule has 122 valence electrons. The minimum absolute atomic E-state index is 0.344. The molecule has 0 aromatic heterocycles. The fourth-order valence-electron chi connectivity index (χ4n) is 2.18. The first kappa shape index (κ1) is 18.0. The van der Waals surface area contributed by atoms with Crippen LogP contribution in [0.15, 0.2) is 24.3 Å². The van der Waals surface area contributed by atoms with E-state index in [-0.39, 0.29) is 5.91 Å². The summed E-state index contributed by atoms with van der Waals surface area (Å²) in [7, 11) is 2.02. The first-order chi connectivity index (χ1) is 10.5. The lowest BCUT2D eigenvalue weighted by Crippen LogP contribution is -2.40. The van der Waals surface area contributed by atoms with Crippen LogP contribution in [0.4, 0.5) is 5.69 Å². The molecular weight excluding hydrogens is 280 g/mol. The van der Waals surface area contributed by atoms with E-state index < -0.39 is 12.0 Å². The van der Waals surface area contributed by atoms with Crippen molar-refractivity contribution >= 4 is 17.6 Å². The summed E-state index contributed by atoms with van der Waals surface area (Å²) in [6, 6.07) is 6.42. The Morgan fingerprint density at radius 3 is 2.32 bits per heavy atom. The van der Waals surface area contributed by atoms with E-state index in [9.17, 15) is 9.59 Å². The number of anilines is 1. The van der Waals surface area contributed by atoms with E-state index in [1.54, 1.807) is 12.1 Å². The third-order valence-corrected chi connectivity index (χ3v) is 3.60. The van der Waals surface area contributed by atoms with Crippen LogP contribution in [0.5, 0.6) is 0 Å². The zero-order valence-corrected chi connectivity index (χ0v) is 13.6. The van der Waals surface area contributed by atoms with Crippen molar-refractivity contribution in [1.29, 1.82) is 0 Å². The third-order valence-electron chi connectivity index (χ3n) is 3.60. The van der Waals surface area contributed by atoms with Gasteiger partial charge in [0.15, 0.2) is 0 Å². The number of benzene rings is 1. The lowest BCUT2D eigenvalue weighted by molar-refractivity contribution is -0.139. The predicted molar refractivity (Wildman–Crippen MR) is 88.4 cm³/mol. The topological polar surface area (TPSA) is 69.6 Å². The van der Waals surface area contributed by atoms with Crippen molar-refractivity contribution in [3.63, 3.8) is 0 Å². The summed E-state index contributed by atoms with van der Waals surface area (Å²) in [6.07, 6.45) is 3.40. The molecule has 0 aliphatic heterocycles. The number of aliphatic carboxylic acids is 1. The van der Waals surface area contributed by atoms with Gasteiger partial charge in [0.2, 0.25) is 0 Å². The molecule has 2 N–H and O–H groups in total. The third kappa shape index (κ3) is 5.39. The first-order valence-corrected chi connectivity index (χ1v) is 7.84. The van der Waals surface area contributed by atoms with Crippen molar-refractivity contribution in [1.82, 2.24) is 5.32 Å². The second-order valence-electron chi connectivity index (χ2n) is 5.47. The highest BCUT2D eigenvalue weighted by Gasteiger charge is 2.19. The smallest absolute Gasteiger partial charge is 0.326 e. The Morgan fingerprint density at radius 1 is 1.18 bits per heavy atom. The Kier molecular flexibility index (Phi) is 7.43. The molecule has 0 bridgehead atoms. The molecule has 0 radical (unpaired) electrons. The average Bonchev–Trinajstić information content (AvgIpc) is 2.52. The summed E-state index contributed by atoms with van der Waals surface area (Å²) in [4.78, 5) is 25.3. The van der Waals surface area contributed by atoms with E-state index in [1.165, 1.54) is 0 Å². The number of nitrogens with one attached hydrogen (secondary N) is 1. The maximum atomic E-state index is 12.1. The molecule has 0 fully saturated rings. The predicted octanol–water partition coefficient (Wildman–Crippen LogP) is 2.91. The summed E-state index contributed by atoms with van der Waals surface area (Å²) < 4.78 is 0. The van der Waals surface area contributed by atoms with Gasteiger partial charge in [0.1, 0.15) is 6.04 Å². The molecule has 1 unspecified atom stereocenters. The number of hydrogen-bond donors (Lipinski definition) is 2. The minimum Gasteiger partial charge on any atom is -0.480 e. The molecule has 0 saturated heterocycles. The van der Waals surface area contributed by atoms with Crippen LogP contribution in [-0.2, 0) is 4.79 Å². The first-order valence-electron chi connectivity index (χ1n) is 7.84. The van der Waals surface area contributed by atoms with Gasteiger partial charge in [-0.15, -0.1) is 0 Å². The second kappa shape index (κ2) is 9.07. The van der Waals surface area contributed by atoms with E-state index >= 15 is 0 Å². The number of rotatable bonds is 9. The van der Waals surface area contributed by atoms with Gasteiger partial charge in [-0.1, -0.05) is 26.7 Å². The molecule has 1 aromatic carbocycles. The zero-order valence-electron chi connectivity index (χ0n) is 13.6. The maximum absolute atomic E-state index is 12.1. The fourth-order valence-corrected chi connectivity index (χ4v) is 2.18. The normalized spacial score (nSPS) is 11.8. The Morgan fingerprint density at radius 2 is 1.82 bits per heavy atom. The summed E-state index contributed by atoms with van der Waals surface area (Å²) in [5.41, 5.74) is 1.53. The van der Waals surface area contributed by atoms with Crippen molar-refractivity contribution in [3.05, 3.63) is 29.8 Å². The molecule has 1 aromatic rings. The molecule has 0 saturated carbocycles. The SMILES string of the molecule is CCCCN(C)c1ccc(C(=O)NC(CCC)C(=O)O)cc1. The molecule has 0 aliphatic rings. The van der Waals surface area contributed by atoms with Gasteiger partial charge in [-0.05, 0) is 37.1 Å². The quantitative estimate of drug-likeness (QED) is 0.736. The monoisotopic (exact) mass is 306 g/mol. The van der Waals surface area contributed by atoms with Gasteiger partial charge in [-0.3, -0.25) is 4.79 Å². The number of carbonyl (C=O) groups excluding carboxylic acids is 1. The van der Waals surface area contributed by atoms with Gasteiger partial charge >= 0.3 is 5.97 Å². The van der Waals surface area contributed by atoms with Crippen molar-refractivity contribution in [2.75, 3.05) is 18.5 Å². The summed E-state index contributed by atoms with van der Waals surface area (Å²) in [5, 5.41) is 11.6. The van der Waals surface area contributed by atoms with Crippen molar-refractivity contribution in [3.8, 4) is 0 Å². The van der Waals surface area contributed by atoms with Crippen LogP contribution in [0.25, 0.3) is 0 Å². The summed E-state index contributed by atoms with van der Waals surface area (Å²) in [5.74, 6) is -1.34. The van der Waals surface area contributed by atoms with E-state index in [0.717, 1.165) is 25.1 Å². The number of carboxylic acids is 1. The van der Waals surface area contributed by atoms with Gasteiger partial charge in [-0.2, -0.15) is 0 Å². The largest absolute Gasteiger partial charge is 0.480 e. The highest BCUT2D eigenvalue weighted by atomic mass is 16.4. The van der Waals surface area contributed by atoms with Crippen LogP contribution in [0, 0.1) is 0 Å². The van der Waals surface area contributed by atoms with Gasteiger partial charge < -0.3 is 15.3 Å². The molecule has 5 nitrogen and oxygen atoms in total. The van der Waals surface area contributed by atoms with Crippen molar-refractivity contribution in [2.24, 2.45) is 0 Å². The molecule has 0 aliphatic carbocycles. The summed E-state index contributed by atoms with van der Waals surface area (Å²) >= 11 is 0. The van der Waals surface area contributed by atoms with Gasteiger partial charge in [0.05, 0.1) is 0 Å². The second-order valence-corrected chi connectivity index (χ2v) is 5.47. The number of unbranched alkanes of at least 4 members (excludes halogenated alkanes) is 1. The lowest BCUT2D eigenvalue weighted by Gasteiger charge is -2.19. The number of amides is 1. The van der Waals surface area contributed by atoms with Crippen molar-refractivity contribution in [2.45, 2.75) is 45.6 Å². The van der Waals surface area contributed by atoms with Crippen LogP contribution in [0.1, 0.15) is 49.9 Å². The Labute approximate surface area is 132 Å². The summed E-state index contributed by atoms with van der Waals surface area (Å²) in [6.45, 7) is 5.01. The van der Waals surface area contributed by atoms with Crippen LogP contribution < -0.4 is 10.2 Å². The van der Waals surface area contributed by atoms with Crippen LogP contribution >= 0.6 is 0 Å².